The van der Waals surface area contributed by atoms with Crippen LogP contribution in [0.15, 0.2) is 24.3 Å². The van der Waals surface area contributed by atoms with Crippen LogP contribution in [0.2, 0.25) is 0 Å². The lowest BCUT2D eigenvalue weighted by atomic mass is 10.1. The summed E-state index contributed by atoms with van der Waals surface area (Å²) in [6.45, 7) is 2.59. The van der Waals surface area contributed by atoms with Gasteiger partial charge in [-0.3, -0.25) is 14.4 Å². The van der Waals surface area contributed by atoms with Crippen molar-refractivity contribution in [2.24, 2.45) is 0 Å². The molecule has 7 heteroatoms. The van der Waals surface area contributed by atoms with Gasteiger partial charge in [0, 0.05) is 26.6 Å². The highest BCUT2D eigenvalue weighted by molar-refractivity contribution is 5.88. The van der Waals surface area contributed by atoms with Gasteiger partial charge >= 0.3 is 0 Å². The van der Waals surface area contributed by atoms with Gasteiger partial charge in [-0.05, 0) is 18.1 Å². The van der Waals surface area contributed by atoms with Crippen molar-refractivity contribution in [3.8, 4) is 0 Å². The minimum Gasteiger partial charge on any atom is -0.354 e. The Hall–Kier alpha value is -2.44. The zero-order valence-corrected chi connectivity index (χ0v) is 13.0. The average molecular weight is 321 g/mol. The first-order valence-electron chi connectivity index (χ1n) is 7.53. The van der Waals surface area contributed by atoms with E-state index in [4.69, 9.17) is 0 Å². The number of rotatable bonds is 6. The van der Waals surface area contributed by atoms with Crippen molar-refractivity contribution >= 4 is 17.7 Å². The normalized spacial score (nSPS) is 17.2. The van der Waals surface area contributed by atoms with Crippen molar-refractivity contribution in [3.05, 3.63) is 35.6 Å². The van der Waals surface area contributed by atoms with Gasteiger partial charge < -0.3 is 15.5 Å². The lowest BCUT2D eigenvalue weighted by Gasteiger charge is -2.17. The Morgan fingerprint density at radius 2 is 2.09 bits per heavy atom. The standard InChI is InChI=1S/C16H20FN3O3/c1-11(21)19-14-6-8-20(16(14)23)9-7-18-15(22)10-12-4-2-3-5-13(12)17/h2-5,14H,6-10H2,1H3,(H,18,22)(H,19,21). The number of carbonyl (C=O) groups excluding carboxylic acids is 3. The van der Waals surface area contributed by atoms with Crippen LogP contribution in [0.5, 0.6) is 0 Å². The summed E-state index contributed by atoms with van der Waals surface area (Å²) in [5.74, 6) is -1.07. The summed E-state index contributed by atoms with van der Waals surface area (Å²) in [4.78, 5) is 36.4. The molecule has 1 aliphatic heterocycles. The van der Waals surface area contributed by atoms with Crippen LogP contribution in [0.4, 0.5) is 4.39 Å². The highest BCUT2D eigenvalue weighted by atomic mass is 19.1. The molecule has 6 nitrogen and oxygen atoms in total. The number of nitrogens with one attached hydrogen (secondary N) is 2. The molecular weight excluding hydrogens is 301 g/mol. The minimum absolute atomic E-state index is 0.0326. The van der Waals surface area contributed by atoms with E-state index in [0.717, 1.165) is 0 Å². The maximum atomic E-state index is 13.4. The molecule has 2 N–H and O–H groups in total. The van der Waals surface area contributed by atoms with Crippen molar-refractivity contribution < 1.29 is 18.8 Å². The summed E-state index contributed by atoms with van der Waals surface area (Å²) in [6, 6.07) is 5.66. The number of likely N-dealkylation sites (tertiary alicyclic amines) is 1. The topological polar surface area (TPSA) is 78.5 Å². The minimum atomic E-state index is -0.471. The van der Waals surface area contributed by atoms with E-state index in [2.05, 4.69) is 10.6 Å². The van der Waals surface area contributed by atoms with Crippen LogP contribution in [0, 0.1) is 5.82 Å². The Bertz CT molecular complexity index is 606. The fourth-order valence-corrected chi connectivity index (χ4v) is 2.55. The summed E-state index contributed by atoms with van der Waals surface area (Å²) in [6.07, 6.45) is 0.538. The number of hydrogen-bond donors (Lipinski definition) is 2. The van der Waals surface area contributed by atoms with Gasteiger partial charge in [0.1, 0.15) is 11.9 Å². The number of halogens is 1. The third kappa shape index (κ3) is 4.77. The summed E-state index contributed by atoms with van der Waals surface area (Å²) >= 11 is 0. The van der Waals surface area contributed by atoms with Crippen LogP contribution < -0.4 is 10.6 Å². The second-order valence-electron chi connectivity index (χ2n) is 5.49. The number of benzene rings is 1. The molecule has 124 valence electrons. The fraction of sp³-hybridized carbons (Fsp3) is 0.438. The molecule has 1 aromatic carbocycles. The Morgan fingerprint density at radius 3 is 2.78 bits per heavy atom. The number of hydrogen-bond acceptors (Lipinski definition) is 3. The molecule has 1 fully saturated rings. The third-order valence-electron chi connectivity index (χ3n) is 3.69. The molecule has 1 unspecified atom stereocenters. The summed E-state index contributed by atoms with van der Waals surface area (Å²) < 4.78 is 13.4. The molecular formula is C16H20FN3O3. The molecule has 0 saturated carbocycles. The quantitative estimate of drug-likeness (QED) is 0.787. The first-order valence-corrected chi connectivity index (χ1v) is 7.53. The SMILES string of the molecule is CC(=O)NC1CCN(CCNC(=O)Cc2ccccc2F)C1=O. The maximum Gasteiger partial charge on any atom is 0.245 e. The smallest absolute Gasteiger partial charge is 0.245 e. The summed E-state index contributed by atoms with van der Waals surface area (Å²) in [5, 5.41) is 5.27. The molecule has 3 amide bonds. The largest absolute Gasteiger partial charge is 0.354 e. The van der Waals surface area contributed by atoms with Crippen molar-refractivity contribution in [2.45, 2.75) is 25.8 Å². The van der Waals surface area contributed by atoms with Crippen molar-refractivity contribution in [1.82, 2.24) is 15.5 Å². The molecule has 23 heavy (non-hydrogen) atoms. The Balaban J connectivity index is 1.73. The summed E-state index contributed by atoms with van der Waals surface area (Å²) in [5.41, 5.74) is 0.341. The molecule has 2 rings (SSSR count). The van der Waals surface area contributed by atoms with Gasteiger partial charge in [0.15, 0.2) is 0 Å². The van der Waals surface area contributed by atoms with E-state index in [9.17, 15) is 18.8 Å². The van der Waals surface area contributed by atoms with Gasteiger partial charge in [0.05, 0.1) is 6.42 Å². The van der Waals surface area contributed by atoms with Crippen molar-refractivity contribution in [1.29, 1.82) is 0 Å². The van der Waals surface area contributed by atoms with Crippen molar-refractivity contribution in [2.75, 3.05) is 19.6 Å². The van der Waals surface area contributed by atoms with E-state index in [1.807, 2.05) is 0 Å². The van der Waals surface area contributed by atoms with Gasteiger partial charge in [-0.15, -0.1) is 0 Å². The van der Waals surface area contributed by atoms with E-state index < -0.39 is 11.9 Å². The van der Waals surface area contributed by atoms with Crippen LogP contribution in [0.1, 0.15) is 18.9 Å². The average Bonchev–Trinajstić information content (AvgIpc) is 2.82. The molecule has 0 spiro atoms. The highest BCUT2D eigenvalue weighted by Crippen LogP contribution is 2.10. The van der Waals surface area contributed by atoms with E-state index in [1.165, 1.54) is 13.0 Å². The fourth-order valence-electron chi connectivity index (χ4n) is 2.55. The zero-order valence-electron chi connectivity index (χ0n) is 13.0. The Kier molecular flexibility index (Phi) is 5.67. The molecule has 1 saturated heterocycles. The number of nitrogens with zero attached hydrogens (tertiary/aromatic N) is 1. The second-order valence-corrected chi connectivity index (χ2v) is 5.49. The number of carbonyl (C=O) groups is 3. The molecule has 1 heterocycles. The van der Waals surface area contributed by atoms with Gasteiger partial charge in [0.25, 0.3) is 0 Å². The van der Waals surface area contributed by atoms with E-state index in [0.29, 0.717) is 31.6 Å². The maximum absolute atomic E-state index is 13.4. The molecule has 1 aromatic rings. The first kappa shape index (κ1) is 16.9. The van der Waals surface area contributed by atoms with Gasteiger partial charge in [-0.25, -0.2) is 4.39 Å². The van der Waals surface area contributed by atoms with Crippen LogP contribution in [-0.4, -0.2) is 48.3 Å². The van der Waals surface area contributed by atoms with E-state index in [1.54, 1.807) is 23.1 Å². The predicted octanol–water partition coefficient (Wildman–Crippen LogP) is 0.221. The highest BCUT2D eigenvalue weighted by Gasteiger charge is 2.31. The molecule has 0 bridgehead atoms. The van der Waals surface area contributed by atoms with E-state index >= 15 is 0 Å². The molecule has 0 aliphatic carbocycles. The molecule has 1 aliphatic rings. The monoisotopic (exact) mass is 321 g/mol. The lowest BCUT2D eigenvalue weighted by Crippen LogP contribution is -2.42. The van der Waals surface area contributed by atoms with Crippen LogP contribution in [0.3, 0.4) is 0 Å². The van der Waals surface area contributed by atoms with E-state index in [-0.39, 0.29) is 24.1 Å². The first-order chi connectivity index (χ1) is 11.0. The molecule has 0 radical (unpaired) electrons. The van der Waals surface area contributed by atoms with Gasteiger partial charge in [0.2, 0.25) is 17.7 Å². The van der Waals surface area contributed by atoms with Crippen molar-refractivity contribution in [3.63, 3.8) is 0 Å². The predicted molar refractivity (Wildman–Crippen MR) is 81.9 cm³/mol. The van der Waals surface area contributed by atoms with Crippen LogP contribution >= 0.6 is 0 Å². The van der Waals surface area contributed by atoms with Crippen LogP contribution in [0.25, 0.3) is 0 Å². The Labute approximate surface area is 134 Å². The second kappa shape index (κ2) is 7.71. The summed E-state index contributed by atoms with van der Waals surface area (Å²) in [7, 11) is 0. The number of amides is 3. The Morgan fingerprint density at radius 1 is 1.35 bits per heavy atom. The zero-order chi connectivity index (χ0) is 16.8. The third-order valence-corrected chi connectivity index (χ3v) is 3.69. The van der Waals surface area contributed by atoms with Gasteiger partial charge in [-0.2, -0.15) is 0 Å². The molecule has 1 atom stereocenters. The van der Waals surface area contributed by atoms with Gasteiger partial charge in [-0.1, -0.05) is 18.2 Å². The van der Waals surface area contributed by atoms with Crippen LogP contribution in [-0.2, 0) is 20.8 Å². The lowest BCUT2D eigenvalue weighted by molar-refractivity contribution is -0.132. The molecule has 0 aromatic heterocycles.